The monoisotopic (exact) mass is 195 g/mol. The van der Waals surface area contributed by atoms with Gasteiger partial charge in [0.05, 0.1) is 12.6 Å². The van der Waals surface area contributed by atoms with Crippen molar-refractivity contribution in [3.05, 3.63) is 23.8 Å². The molecule has 0 radical (unpaired) electrons. The first-order valence-electron chi connectivity index (χ1n) is 4.53. The third-order valence-electron chi connectivity index (χ3n) is 2.33. The Morgan fingerprint density at radius 1 is 1.43 bits per heavy atom. The Morgan fingerprint density at radius 3 is 2.93 bits per heavy atom. The van der Waals surface area contributed by atoms with Crippen LogP contribution in [-0.4, -0.2) is 25.6 Å². The summed E-state index contributed by atoms with van der Waals surface area (Å²) < 4.78 is 10.4. The van der Waals surface area contributed by atoms with Crippen molar-refractivity contribution < 1.29 is 14.6 Å². The molecule has 1 atom stereocenters. The Labute approximate surface area is 82.5 Å². The van der Waals surface area contributed by atoms with E-state index in [-0.39, 0.29) is 19.4 Å². The first kappa shape index (κ1) is 9.30. The van der Waals surface area contributed by atoms with E-state index >= 15 is 0 Å². The van der Waals surface area contributed by atoms with Gasteiger partial charge in [0.1, 0.15) is 0 Å². The molecule has 0 fully saturated rings. The molecular weight excluding hydrogens is 182 g/mol. The zero-order chi connectivity index (χ0) is 9.97. The van der Waals surface area contributed by atoms with Gasteiger partial charge in [-0.1, -0.05) is 6.07 Å². The predicted molar refractivity (Wildman–Crippen MR) is 51.5 cm³/mol. The molecule has 14 heavy (non-hydrogen) atoms. The van der Waals surface area contributed by atoms with Gasteiger partial charge in [0.15, 0.2) is 11.5 Å². The summed E-state index contributed by atoms with van der Waals surface area (Å²) in [4.78, 5) is 0. The van der Waals surface area contributed by atoms with E-state index in [2.05, 4.69) is 5.32 Å². The van der Waals surface area contributed by atoms with Gasteiger partial charge >= 0.3 is 0 Å². The topological polar surface area (TPSA) is 50.7 Å². The number of ether oxygens (including phenoxy) is 2. The van der Waals surface area contributed by atoms with Crippen molar-refractivity contribution >= 4 is 0 Å². The fourth-order valence-electron chi connectivity index (χ4n) is 1.49. The van der Waals surface area contributed by atoms with Crippen molar-refractivity contribution in [3.63, 3.8) is 0 Å². The Morgan fingerprint density at radius 2 is 2.21 bits per heavy atom. The number of fused-ring (bicyclic) bond motifs is 1. The molecule has 2 N–H and O–H groups in total. The SMILES string of the molecule is CNC(CO)c1ccc2c(c1)OCO2. The molecule has 0 saturated heterocycles. The van der Waals surface area contributed by atoms with E-state index in [1.807, 2.05) is 25.2 Å². The van der Waals surface area contributed by atoms with Crippen molar-refractivity contribution in [1.82, 2.24) is 5.32 Å². The average Bonchev–Trinajstić information content (AvgIpc) is 2.66. The van der Waals surface area contributed by atoms with Crippen LogP contribution in [0.15, 0.2) is 18.2 Å². The smallest absolute Gasteiger partial charge is 0.231 e. The van der Waals surface area contributed by atoms with Crippen LogP contribution in [0, 0.1) is 0 Å². The standard InChI is InChI=1S/C10H13NO3/c1-11-8(5-12)7-2-3-9-10(4-7)14-6-13-9/h2-4,8,11-12H,5-6H2,1H3. The minimum atomic E-state index is -0.0514. The maximum atomic E-state index is 9.09. The zero-order valence-electron chi connectivity index (χ0n) is 7.99. The van der Waals surface area contributed by atoms with Crippen LogP contribution in [0.25, 0.3) is 0 Å². The number of aliphatic hydroxyl groups excluding tert-OH is 1. The van der Waals surface area contributed by atoms with Gasteiger partial charge in [0.2, 0.25) is 6.79 Å². The molecule has 0 aliphatic carbocycles. The summed E-state index contributed by atoms with van der Waals surface area (Å²) in [7, 11) is 1.81. The maximum absolute atomic E-state index is 9.09. The number of benzene rings is 1. The lowest BCUT2D eigenvalue weighted by molar-refractivity contribution is 0.174. The van der Waals surface area contributed by atoms with Crippen LogP contribution in [0.1, 0.15) is 11.6 Å². The first-order chi connectivity index (χ1) is 6.85. The second-order valence-corrected chi connectivity index (χ2v) is 3.14. The van der Waals surface area contributed by atoms with E-state index in [1.165, 1.54) is 0 Å². The van der Waals surface area contributed by atoms with Crippen LogP contribution in [0.2, 0.25) is 0 Å². The van der Waals surface area contributed by atoms with Gasteiger partial charge in [-0.15, -0.1) is 0 Å². The third-order valence-corrected chi connectivity index (χ3v) is 2.33. The molecular formula is C10H13NO3. The Bertz CT molecular complexity index is 323. The van der Waals surface area contributed by atoms with Crippen molar-refractivity contribution in [2.24, 2.45) is 0 Å². The summed E-state index contributed by atoms with van der Waals surface area (Å²) in [6.45, 7) is 0.346. The summed E-state index contributed by atoms with van der Waals surface area (Å²) in [5.74, 6) is 1.51. The number of likely N-dealkylation sites (N-methyl/N-ethyl adjacent to an activating group) is 1. The Balaban J connectivity index is 2.27. The van der Waals surface area contributed by atoms with E-state index in [9.17, 15) is 0 Å². The first-order valence-corrected chi connectivity index (χ1v) is 4.53. The molecule has 1 aromatic carbocycles. The molecule has 0 bridgehead atoms. The van der Waals surface area contributed by atoms with E-state index in [1.54, 1.807) is 0 Å². The van der Waals surface area contributed by atoms with E-state index in [4.69, 9.17) is 14.6 Å². The van der Waals surface area contributed by atoms with Crippen molar-refractivity contribution in [3.8, 4) is 11.5 Å². The predicted octanol–water partition coefficient (Wildman–Crippen LogP) is 0.668. The summed E-state index contributed by atoms with van der Waals surface area (Å²) >= 11 is 0. The number of hydrogen-bond acceptors (Lipinski definition) is 4. The highest BCUT2D eigenvalue weighted by molar-refractivity contribution is 5.45. The van der Waals surface area contributed by atoms with E-state index < -0.39 is 0 Å². The van der Waals surface area contributed by atoms with Gasteiger partial charge in [-0.2, -0.15) is 0 Å². The highest BCUT2D eigenvalue weighted by Gasteiger charge is 2.16. The van der Waals surface area contributed by atoms with Crippen molar-refractivity contribution in [2.45, 2.75) is 6.04 Å². The third kappa shape index (κ3) is 1.54. The van der Waals surface area contributed by atoms with Gasteiger partial charge in [-0.3, -0.25) is 0 Å². The summed E-state index contributed by atoms with van der Waals surface area (Å²) in [5, 5.41) is 12.1. The lowest BCUT2D eigenvalue weighted by atomic mass is 10.1. The number of nitrogens with one attached hydrogen (secondary N) is 1. The number of rotatable bonds is 3. The Hall–Kier alpha value is -1.26. The minimum Gasteiger partial charge on any atom is -0.454 e. The summed E-state index contributed by atoms with van der Waals surface area (Å²) in [5.41, 5.74) is 0.999. The second kappa shape index (κ2) is 3.86. The van der Waals surface area contributed by atoms with Crippen LogP contribution in [-0.2, 0) is 0 Å². The maximum Gasteiger partial charge on any atom is 0.231 e. The molecule has 1 unspecified atom stereocenters. The largest absolute Gasteiger partial charge is 0.454 e. The molecule has 0 amide bonds. The molecule has 1 aromatic rings. The normalized spacial score (nSPS) is 15.6. The highest BCUT2D eigenvalue weighted by Crippen LogP contribution is 2.33. The molecule has 0 aromatic heterocycles. The van der Waals surface area contributed by atoms with Crippen molar-refractivity contribution in [1.29, 1.82) is 0 Å². The molecule has 4 nitrogen and oxygen atoms in total. The van der Waals surface area contributed by atoms with Gasteiger partial charge in [0, 0.05) is 0 Å². The lowest BCUT2D eigenvalue weighted by Crippen LogP contribution is -2.19. The molecule has 0 saturated carbocycles. The minimum absolute atomic E-state index is 0.0514. The second-order valence-electron chi connectivity index (χ2n) is 3.14. The highest BCUT2D eigenvalue weighted by atomic mass is 16.7. The van der Waals surface area contributed by atoms with E-state index in [0.717, 1.165) is 17.1 Å². The average molecular weight is 195 g/mol. The molecule has 0 spiro atoms. The van der Waals surface area contributed by atoms with E-state index in [0.29, 0.717) is 0 Å². The van der Waals surface area contributed by atoms with Gasteiger partial charge in [-0.05, 0) is 24.7 Å². The van der Waals surface area contributed by atoms with Crippen LogP contribution in [0.5, 0.6) is 11.5 Å². The summed E-state index contributed by atoms with van der Waals surface area (Å²) in [6, 6.07) is 5.62. The quantitative estimate of drug-likeness (QED) is 0.744. The molecule has 1 heterocycles. The lowest BCUT2D eigenvalue weighted by Gasteiger charge is -2.13. The van der Waals surface area contributed by atoms with Gasteiger partial charge in [-0.25, -0.2) is 0 Å². The van der Waals surface area contributed by atoms with Gasteiger partial charge in [0.25, 0.3) is 0 Å². The molecule has 1 aliphatic heterocycles. The fraction of sp³-hybridized carbons (Fsp3) is 0.400. The molecule has 2 rings (SSSR count). The van der Waals surface area contributed by atoms with Crippen LogP contribution < -0.4 is 14.8 Å². The fourth-order valence-corrected chi connectivity index (χ4v) is 1.49. The number of aliphatic hydroxyl groups is 1. The molecule has 76 valence electrons. The van der Waals surface area contributed by atoms with Crippen LogP contribution in [0.3, 0.4) is 0 Å². The summed E-state index contributed by atoms with van der Waals surface area (Å²) in [6.07, 6.45) is 0. The number of hydrogen-bond donors (Lipinski definition) is 2. The Kier molecular flexibility index (Phi) is 2.56. The molecule has 4 heteroatoms. The zero-order valence-corrected chi connectivity index (χ0v) is 7.99. The molecule has 1 aliphatic rings. The van der Waals surface area contributed by atoms with Crippen molar-refractivity contribution in [2.75, 3.05) is 20.4 Å². The van der Waals surface area contributed by atoms with Gasteiger partial charge < -0.3 is 19.9 Å². The van der Waals surface area contributed by atoms with Crippen LogP contribution in [0.4, 0.5) is 0 Å². The van der Waals surface area contributed by atoms with Crippen LogP contribution >= 0.6 is 0 Å².